The summed E-state index contributed by atoms with van der Waals surface area (Å²) in [5.41, 5.74) is 0.916. The fourth-order valence-electron chi connectivity index (χ4n) is 2.91. The topological polar surface area (TPSA) is 86.0 Å². The molecule has 8 nitrogen and oxygen atoms in total. The van der Waals surface area contributed by atoms with Gasteiger partial charge in [0.25, 0.3) is 0 Å². The van der Waals surface area contributed by atoms with Gasteiger partial charge in [-0.25, -0.2) is 19.6 Å². The third-order valence-electron chi connectivity index (χ3n) is 4.18. The Morgan fingerprint density at radius 1 is 1.33 bits per heavy atom. The van der Waals surface area contributed by atoms with E-state index in [0.717, 1.165) is 11.4 Å². The molecule has 0 radical (unpaired) electrons. The van der Waals surface area contributed by atoms with E-state index in [1.165, 1.54) is 6.33 Å². The molecular formula is C16H22N6O2. The van der Waals surface area contributed by atoms with Crippen LogP contribution in [-0.2, 0) is 15.1 Å². The molecule has 3 rings (SSSR count). The maximum atomic E-state index is 13.0. The van der Waals surface area contributed by atoms with Crippen LogP contribution in [0.5, 0.6) is 0 Å². The van der Waals surface area contributed by atoms with Crippen molar-refractivity contribution in [2.45, 2.75) is 39.3 Å². The molecule has 0 aliphatic carbocycles. The number of amides is 1. The summed E-state index contributed by atoms with van der Waals surface area (Å²) in [4.78, 5) is 27.5. The van der Waals surface area contributed by atoms with Gasteiger partial charge >= 0.3 is 0 Å². The van der Waals surface area contributed by atoms with Crippen molar-refractivity contribution in [3.05, 3.63) is 35.9 Å². The number of aryl methyl sites for hydroxylation is 2. The Balaban J connectivity index is 1.79. The number of carbonyl (C=O) groups is 1. The molecule has 1 saturated heterocycles. The van der Waals surface area contributed by atoms with Crippen molar-refractivity contribution < 1.29 is 9.53 Å². The first-order valence-electron chi connectivity index (χ1n) is 7.96. The molecule has 1 aliphatic heterocycles. The number of hydrogen-bond acceptors (Lipinski definition) is 6. The Morgan fingerprint density at radius 3 is 2.79 bits per heavy atom. The average molecular weight is 330 g/mol. The highest BCUT2D eigenvalue weighted by Gasteiger charge is 2.37. The molecule has 2 aromatic heterocycles. The second-order valence-electron chi connectivity index (χ2n) is 6.49. The van der Waals surface area contributed by atoms with Gasteiger partial charge in [0, 0.05) is 12.2 Å². The molecule has 2 aromatic rings. The van der Waals surface area contributed by atoms with E-state index in [1.807, 2.05) is 38.7 Å². The fourth-order valence-corrected chi connectivity index (χ4v) is 2.91. The lowest BCUT2D eigenvalue weighted by Crippen LogP contribution is -2.51. The Hall–Kier alpha value is -2.35. The van der Waals surface area contributed by atoms with Gasteiger partial charge in [-0.05, 0) is 33.8 Å². The van der Waals surface area contributed by atoms with E-state index in [-0.39, 0.29) is 12.0 Å². The van der Waals surface area contributed by atoms with Gasteiger partial charge in [0.2, 0.25) is 5.91 Å². The van der Waals surface area contributed by atoms with Crippen LogP contribution in [0.25, 0.3) is 0 Å². The predicted octanol–water partition coefficient (Wildman–Crippen LogP) is 1.02. The monoisotopic (exact) mass is 330 g/mol. The van der Waals surface area contributed by atoms with Crippen molar-refractivity contribution in [1.82, 2.24) is 29.6 Å². The minimum absolute atomic E-state index is 0.0104. The van der Waals surface area contributed by atoms with Crippen LogP contribution in [0.1, 0.15) is 37.2 Å². The van der Waals surface area contributed by atoms with E-state index in [9.17, 15) is 4.79 Å². The molecule has 1 amide bonds. The lowest BCUT2D eigenvalue weighted by atomic mass is 10.0. The van der Waals surface area contributed by atoms with Gasteiger partial charge in [0.15, 0.2) is 0 Å². The average Bonchev–Trinajstić information content (AvgIpc) is 3.08. The number of nitrogens with zero attached hydrogens (tertiary/aromatic N) is 6. The van der Waals surface area contributed by atoms with Gasteiger partial charge in [0.1, 0.15) is 30.1 Å². The van der Waals surface area contributed by atoms with Crippen molar-refractivity contribution in [2.24, 2.45) is 0 Å². The van der Waals surface area contributed by atoms with Crippen molar-refractivity contribution in [3.63, 3.8) is 0 Å². The Bertz CT molecular complexity index is 708. The number of hydrogen-bond donors (Lipinski definition) is 0. The largest absolute Gasteiger partial charge is 0.368 e. The van der Waals surface area contributed by atoms with Gasteiger partial charge in [-0.1, -0.05) is 0 Å². The first kappa shape index (κ1) is 16.5. The van der Waals surface area contributed by atoms with E-state index in [2.05, 4.69) is 20.1 Å². The van der Waals surface area contributed by atoms with E-state index >= 15 is 0 Å². The van der Waals surface area contributed by atoms with Crippen LogP contribution in [0.15, 0.2) is 18.7 Å². The molecule has 24 heavy (non-hydrogen) atoms. The highest BCUT2D eigenvalue weighted by atomic mass is 16.5. The summed E-state index contributed by atoms with van der Waals surface area (Å²) in [6, 6.07) is 1.91. The van der Waals surface area contributed by atoms with Gasteiger partial charge < -0.3 is 9.64 Å². The second kappa shape index (κ2) is 6.27. The zero-order valence-corrected chi connectivity index (χ0v) is 14.4. The van der Waals surface area contributed by atoms with Crippen LogP contribution in [0.3, 0.4) is 0 Å². The molecule has 1 atom stereocenters. The zero-order valence-electron chi connectivity index (χ0n) is 14.4. The second-order valence-corrected chi connectivity index (χ2v) is 6.49. The first-order valence-corrected chi connectivity index (χ1v) is 7.96. The zero-order chi connectivity index (χ0) is 17.3. The van der Waals surface area contributed by atoms with Crippen molar-refractivity contribution in [1.29, 1.82) is 0 Å². The number of aromatic nitrogens is 5. The highest BCUT2D eigenvalue weighted by molar-refractivity contribution is 5.83. The van der Waals surface area contributed by atoms with Crippen LogP contribution in [0.4, 0.5) is 0 Å². The molecule has 0 bridgehead atoms. The normalized spacial score (nSPS) is 18.7. The smallest absolute Gasteiger partial charge is 0.250 e. The quantitative estimate of drug-likeness (QED) is 0.835. The SMILES string of the molecule is Cc1cc([C@H]2CN(C(=O)C(C)(C)n3cncn3)CCO2)nc(C)n1. The Kier molecular flexibility index (Phi) is 4.31. The number of ether oxygens (including phenoxy) is 1. The highest BCUT2D eigenvalue weighted by Crippen LogP contribution is 2.25. The maximum absolute atomic E-state index is 13.0. The molecule has 0 spiro atoms. The van der Waals surface area contributed by atoms with Crippen LogP contribution in [0.2, 0.25) is 0 Å². The molecule has 8 heteroatoms. The third kappa shape index (κ3) is 3.14. The minimum Gasteiger partial charge on any atom is -0.368 e. The lowest BCUT2D eigenvalue weighted by Gasteiger charge is -2.37. The molecular weight excluding hydrogens is 308 g/mol. The molecule has 1 aliphatic rings. The number of carbonyl (C=O) groups excluding carboxylic acids is 1. The van der Waals surface area contributed by atoms with Crippen LogP contribution < -0.4 is 0 Å². The summed E-state index contributed by atoms with van der Waals surface area (Å²) < 4.78 is 7.42. The first-order chi connectivity index (χ1) is 11.4. The molecule has 0 unspecified atom stereocenters. The van der Waals surface area contributed by atoms with E-state index in [0.29, 0.717) is 25.5 Å². The molecule has 0 saturated carbocycles. The molecule has 1 fully saturated rings. The Labute approximate surface area is 140 Å². The van der Waals surface area contributed by atoms with Gasteiger partial charge in [0.05, 0.1) is 18.8 Å². The summed E-state index contributed by atoms with van der Waals surface area (Å²) in [6.45, 7) is 8.96. The van der Waals surface area contributed by atoms with Crippen LogP contribution in [-0.4, -0.2) is 55.2 Å². The standard InChI is InChI=1S/C16H22N6O2/c1-11-7-13(20-12(2)19-11)14-8-21(5-6-24-14)15(23)16(3,4)22-10-17-9-18-22/h7,9-10,14H,5-6,8H2,1-4H3/t14-/m1/s1. The molecule has 0 aromatic carbocycles. The van der Waals surface area contributed by atoms with Crippen LogP contribution in [0, 0.1) is 13.8 Å². The lowest BCUT2D eigenvalue weighted by molar-refractivity contribution is -0.147. The van der Waals surface area contributed by atoms with Crippen molar-refractivity contribution in [3.8, 4) is 0 Å². The van der Waals surface area contributed by atoms with E-state index in [1.54, 1.807) is 11.0 Å². The van der Waals surface area contributed by atoms with Gasteiger partial charge in [-0.2, -0.15) is 5.10 Å². The van der Waals surface area contributed by atoms with Crippen molar-refractivity contribution >= 4 is 5.91 Å². The summed E-state index contributed by atoms with van der Waals surface area (Å²) in [6.07, 6.45) is 2.76. The summed E-state index contributed by atoms with van der Waals surface area (Å²) in [7, 11) is 0. The summed E-state index contributed by atoms with van der Waals surface area (Å²) >= 11 is 0. The molecule has 128 valence electrons. The summed E-state index contributed by atoms with van der Waals surface area (Å²) in [5, 5.41) is 4.11. The molecule has 0 N–H and O–H groups in total. The third-order valence-corrected chi connectivity index (χ3v) is 4.18. The van der Waals surface area contributed by atoms with Gasteiger partial charge in [-0.3, -0.25) is 4.79 Å². The summed E-state index contributed by atoms with van der Waals surface area (Å²) in [5.74, 6) is 0.698. The Morgan fingerprint density at radius 2 is 2.12 bits per heavy atom. The molecule has 3 heterocycles. The maximum Gasteiger partial charge on any atom is 0.250 e. The van der Waals surface area contributed by atoms with Gasteiger partial charge in [-0.15, -0.1) is 0 Å². The van der Waals surface area contributed by atoms with E-state index in [4.69, 9.17) is 4.74 Å². The number of morpholine rings is 1. The van der Waals surface area contributed by atoms with E-state index < -0.39 is 5.54 Å². The number of rotatable bonds is 3. The van der Waals surface area contributed by atoms with Crippen molar-refractivity contribution in [2.75, 3.05) is 19.7 Å². The minimum atomic E-state index is -0.796. The fraction of sp³-hybridized carbons (Fsp3) is 0.562. The van der Waals surface area contributed by atoms with Crippen LogP contribution >= 0.6 is 0 Å². The predicted molar refractivity (Wildman–Crippen MR) is 86.1 cm³/mol.